The Bertz CT molecular complexity index is 268. The number of rotatable bonds is 4. The second kappa shape index (κ2) is 4.33. The van der Waals surface area contributed by atoms with Crippen LogP contribution >= 0.6 is 0 Å². The van der Waals surface area contributed by atoms with Crippen molar-refractivity contribution in [1.29, 1.82) is 0 Å². The molecule has 1 aliphatic rings. The van der Waals surface area contributed by atoms with E-state index in [4.69, 9.17) is 4.74 Å². The van der Waals surface area contributed by atoms with Crippen LogP contribution in [0.25, 0.3) is 0 Å². The third-order valence-electron chi connectivity index (χ3n) is 3.55. The Balaban J connectivity index is 2.56. The molecule has 0 heterocycles. The van der Waals surface area contributed by atoms with E-state index in [1.54, 1.807) is 6.92 Å². The lowest BCUT2D eigenvalue weighted by atomic mass is 9.54. The molecule has 0 spiro atoms. The normalized spacial score (nSPS) is 28.0. The second-order valence-electron chi connectivity index (χ2n) is 5.17. The van der Waals surface area contributed by atoms with E-state index >= 15 is 0 Å². The van der Waals surface area contributed by atoms with Crippen LogP contribution in [0.1, 0.15) is 40.0 Å². The molecule has 0 aromatic heterocycles. The maximum absolute atomic E-state index is 11.4. The lowest BCUT2D eigenvalue weighted by molar-refractivity contribution is -0.161. The number of carbonyl (C=O) groups excluding carboxylic acids is 2. The van der Waals surface area contributed by atoms with Gasteiger partial charge in [-0.15, -0.1) is 0 Å². The van der Waals surface area contributed by atoms with Crippen LogP contribution in [0.3, 0.4) is 0 Å². The molecule has 0 bridgehead atoms. The average Bonchev–Trinajstić information content (AvgIpc) is 2.13. The van der Waals surface area contributed by atoms with Crippen molar-refractivity contribution in [2.45, 2.75) is 40.0 Å². The SMILES string of the molecule is COC(=O)[C@@H]1CC(C)(C)[C@@H]1CCC(C)=O. The molecule has 1 rings (SSSR count). The quantitative estimate of drug-likeness (QED) is 0.671. The molecule has 3 heteroatoms. The van der Waals surface area contributed by atoms with Crippen molar-refractivity contribution in [2.75, 3.05) is 7.11 Å². The zero-order chi connectivity index (χ0) is 11.6. The number of methoxy groups -OCH3 is 1. The maximum atomic E-state index is 11.4. The molecular weight excluding hydrogens is 192 g/mol. The number of hydrogen-bond donors (Lipinski definition) is 0. The van der Waals surface area contributed by atoms with Gasteiger partial charge in [-0.2, -0.15) is 0 Å². The first-order chi connectivity index (χ1) is 6.88. The van der Waals surface area contributed by atoms with E-state index in [1.807, 2.05) is 0 Å². The van der Waals surface area contributed by atoms with Gasteiger partial charge in [0.2, 0.25) is 0 Å². The fourth-order valence-corrected chi connectivity index (χ4v) is 2.59. The van der Waals surface area contributed by atoms with Gasteiger partial charge in [0.1, 0.15) is 5.78 Å². The van der Waals surface area contributed by atoms with Crippen LogP contribution in [0.5, 0.6) is 0 Å². The van der Waals surface area contributed by atoms with Crippen LogP contribution in [0, 0.1) is 17.3 Å². The smallest absolute Gasteiger partial charge is 0.308 e. The van der Waals surface area contributed by atoms with Crippen molar-refractivity contribution in [3.63, 3.8) is 0 Å². The third-order valence-corrected chi connectivity index (χ3v) is 3.55. The summed E-state index contributed by atoms with van der Waals surface area (Å²) in [4.78, 5) is 22.4. The Morgan fingerprint density at radius 3 is 2.40 bits per heavy atom. The fourth-order valence-electron chi connectivity index (χ4n) is 2.59. The molecule has 0 aromatic carbocycles. The van der Waals surface area contributed by atoms with Crippen molar-refractivity contribution < 1.29 is 14.3 Å². The van der Waals surface area contributed by atoms with Crippen molar-refractivity contribution in [1.82, 2.24) is 0 Å². The first kappa shape index (κ1) is 12.2. The van der Waals surface area contributed by atoms with Crippen LogP contribution in [0.4, 0.5) is 0 Å². The summed E-state index contributed by atoms with van der Waals surface area (Å²) in [6.45, 7) is 5.90. The zero-order valence-electron chi connectivity index (χ0n) is 10.0. The summed E-state index contributed by atoms with van der Waals surface area (Å²) in [7, 11) is 1.43. The Morgan fingerprint density at radius 2 is 2.00 bits per heavy atom. The predicted molar refractivity (Wildman–Crippen MR) is 57.3 cm³/mol. The van der Waals surface area contributed by atoms with Crippen LogP contribution in [-0.4, -0.2) is 18.9 Å². The topological polar surface area (TPSA) is 43.4 Å². The minimum atomic E-state index is -0.122. The number of Topliss-reactive ketones (excluding diaryl/α,β-unsaturated/α-hetero) is 1. The van der Waals surface area contributed by atoms with Gasteiger partial charge in [-0.3, -0.25) is 4.79 Å². The minimum Gasteiger partial charge on any atom is -0.469 e. The maximum Gasteiger partial charge on any atom is 0.308 e. The van der Waals surface area contributed by atoms with E-state index in [-0.39, 0.29) is 23.1 Å². The molecule has 0 aliphatic heterocycles. The molecule has 0 saturated heterocycles. The molecule has 1 fully saturated rings. The summed E-state index contributed by atoms with van der Waals surface area (Å²) in [5, 5.41) is 0. The number of carbonyl (C=O) groups is 2. The van der Waals surface area contributed by atoms with E-state index in [2.05, 4.69) is 13.8 Å². The van der Waals surface area contributed by atoms with E-state index in [0.29, 0.717) is 12.3 Å². The molecule has 0 amide bonds. The zero-order valence-corrected chi connectivity index (χ0v) is 10.0. The van der Waals surface area contributed by atoms with Gasteiger partial charge in [-0.05, 0) is 31.1 Å². The molecule has 3 nitrogen and oxygen atoms in total. The van der Waals surface area contributed by atoms with Crippen molar-refractivity contribution in [3.8, 4) is 0 Å². The van der Waals surface area contributed by atoms with Crippen LogP contribution in [-0.2, 0) is 14.3 Å². The molecule has 15 heavy (non-hydrogen) atoms. The van der Waals surface area contributed by atoms with Gasteiger partial charge in [0.25, 0.3) is 0 Å². The summed E-state index contributed by atoms with van der Waals surface area (Å²) in [6.07, 6.45) is 2.26. The Labute approximate surface area is 91.2 Å². The van der Waals surface area contributed by atoms with E-state index in [0.717, 1.165) is 12.8 Å². The summed E-state index contributed by atoms with van der Waals surface area (Å²) < 4.78 is 4.76. The van der Waals surface area contributed by atoms with Crippen molar-refractivity contribution in [2.24, 2.45) is 17.3 Å². The first-order valence-electron chi connectivity index (χ1n) is 5.45. The van der Waals surface area contributed by atoms with Crippen molar-refractivity contribution in [3.05, 3.63) is 0 Å². The number of hydrogen-bond acceptors (Lipinski definition) is 3. The number of esters is 1. The first-order valence-corrected chi connectivity index (χ1v) is 5.45. The molecule has 86 valence electrons. The minimum absolute atomic E-state index is 0.00403. The molecule has 0 aromatic rings. The standard InChI is InChI=1S/C12H20O3/c1-8(13)5-6-10-9(11(14)15-4)7-12(10,2)3/h9-10H,5-7H2,1-4H3/t9-,10-/m1/s1. The Morgan fingerprint density at radius 1 is 1.40 bits per heavy atom. The average molecular weight is 212 g/mol. The lowest BCUT2D eigenvalue weighted by Crippen LogP contribution is -2.48. The Hall–Kier alpha value is -0.860. The molecule has 0 N–H and O–H groups in total. The highest BCUT2D eigenvalue weighted by Gasteiger charge is 2.50. The molecule has 0 radical (unpaired) electrons. The van der Waals surface area contributed by atoms with Crippen molar-refractivity contribution >= 4 is 11.8 Å². The van der Waals surface area contributed by atoms with Gasteiger partial charge in [0.05, 0.1) is 13.0 Å². The number of ketones is 1. The summed E-state index contributed by atoms with van der Waals surface area (Å²) in [5.41, 5.74) is 0.175. The predicted octanol–water partition coefficient (Wildman–Crippen LogP) is 2.19. The van der Waals surface area contributed by atoms with Crippen LogP contribution < -0.4 is 0 Å². The molecule has 0 unspecified atom stereocenters. The van der Waals surface area contributed by atoms with Crippen LogP contribution in [0.15, 0.2) is 0 Å². The fraction of sp³-hybridized carbons (Fsp3) is 0.833. The van der Waals surface area contributed by atoms with Gasteiger partial charge >= 0.3 is 5.97 Å². The summed E-state index contributed by atoms with van der Waals surface area (Å²) >= 11 is 0. The number of ether oxygens (including phenoxy) is 1. The van der Waals surface area contributed by atoms with E-state index in [1.165, 1.54) is 7.11 Å². The molecule has 2 atom stereocenters. The van der Waals surface area contributed by atoms with E-state index in [9.17, 15) is 9.59 Å². The largest absolute Gasteiger partial charge is 0.469 e. The Kier molecular flexibility index (Phi) is 3.53. The third kappa shape index (κ3) is 2.58. The monoisotopic (exact) mass is 212 g/mol. The van der Waals surface area contributed by atoms with Gasteiger partial charge in [0.15, 0.2) is 0 Å². The summed E-state index contributed by atoms with van der Waals surface area (Å²) in [6, 6.07) is 0. The highest BCUT2D eigenvalue weighted by atomic mass is 16.5. The molecule has 1 saturated carbocycles. The van der Waals surface area contributed by atoms with Gasteiger partial charge in [-0.1, -0.05) is 13.8 Å². The van der Waals surface area contributed by atoms with E-state index < -0.39 is 0 Å². The lowest BCUT2D eigenvalue weighted by Gasteiger charge is -2.50. The highest BCUT2D eigenvalue weighted by Crippen LogP contribution is 2.53. The summed E-state index contributed by atoms with van der Waals surface area (Å²) in [5.74, 6) is 0.377. The van der Waals surface area contributed by atoms with Gasteiger partial charge in [0, 0.05) is 6.42 Å². The molecular formula is C12H20O3. The second-order valence-corrected chi connectivity index (χ2v) is 5.17. The van der Waals surface area contributed by atoms with Gasteiger partial charge < -0.3 is 9.53 Å². The highest BCUT2D eigenvalue weighted by molar-refractivity contribution is 5.76. The molecule has 1 aliphatic carbocycles. The van der Waals surface area contributed by atoms with Crippen LogP contribution in [0.2, 0.25) is 0 Å². The van der Waals surface area contributed by atoms with Gasteiger partial charge in [-0.25, -0.2) is 0 Å².